The van der Waals surface area contributed by atoms with E-state index in [0.717, 1.165) is 6.42 Å². The van der Waals surface area contributed by atoms with Gasteiger partial charge in [0, 0.05) is 0 Å². The average Bonchev–Trinajstić information content (AvgIpc) is 2.65. The lowest BCUT2D eigenvalue weighted by Gasteiger charge is -2.17. The lowest BCUT2D eigenvalue weighted by molar-refractivity contribution is -0.0171. The van der Waals surface area contributed by atoms with Crippen LogP contribution in [0.25, 0.3) is 0 Å². The Morgan fingerprint density at radius 2 is 1.64 bits per heavy atom. The van der Waals surface area contributed by atoms with Gasteiger partial charge in [0.25, 0.3) is 0 Å². The van der Waals surface area contributed by atoms with Crippen molar-refractivity contribution in [1.82, 2.24) is 0 Å². The van der Waals surface area contributed by atoms with Crippen molar-refractivity contribution in [3.8, 4) is 11.5 Å². The zero-order valence-electron chi connectivity index (χ0n) is 15.8. The molecule has 2 rings (SSSR count). The Hall–Kier alpha value is -3.06. The Kier molecular flexibility index (Phi) is 7.40. The number of aliphatic hydroxyl groups is 1. The van der Waals surface area contributed by atoms with Crippen molar-refractivity contribution in [2.75, 3.05) is 13.2 Å². The van der Waals surface area contributed by atoms with Crippen LogP contribution >= 0.6 is 0 Å². The van der Waals surface area contributed by atoms with Crippen LogP contribution in [0.2, 0.25) is 0 Å². The van der Waals surface area contributed by atoms with Gasteiger partial charge in [-0.2, -0.15) is 0 Å². The van der Waals surface area contributed by atoms with E-state index in [1.807, 2.05) is 6.92 Å². The zero-order valence-corrected chi connectivity index (χ0v) is 15.8. The third kappa shape index (κ3) is 5.47. The second kappa shape index (κ2) is 9.75. The molecule has 0 spiro atoms. The summed E-state index contributed by atoms with van der Waals surface area (Å²) in [5.74, 6) is -1.23. The average molecular weight is 388 g/mol. The number of hydrogen-bond donors (Lipinski definition) is 3. The molecule has 0 radical (unpaired) electrons. The number of carbonyl (C=O) groups is 2. The topological polar surface area (TPSA) is 113 Å². The second-order valence-corrected chi connectivity index (χ2v) is 6.40. The van der Waals surface area contributed by atoms with Gasteiger partial charge in [-0.3, -0.25) is 0 Å². The van der Waals surface area contributed by atoms with Crippen LogP contribution in [-0.4, -0.2) is 46.6 Å². The van der Waals surface area contributed by atoms with Crippen molar-refractivity contribution in [1.29, 1.82) is 0 Å². The first-order valence-electron chi connectivity index (χ1n) is 8.96. The number of aromatic hydroxyl groups is 2. The Morgan fingerprint density at radius 3 is 2.25 bits per heavy atom. The zero-order chi connectivity index (χ0) is 20.7. The van der Waals surface area contributed by atoms with Gasteiger partial charge in [0.2, 0.25) is 0 Å². The molecule has 0 aliphatic rings. The highest BCUT2D eigenvalue weighted by Gasteiger charge is 2.21. The molecule has 0 bridgehead atoms. The number of phenolic OH excluding ortho intramolecular Hbond substituents is 2. The molecule has 0 aromatic heterocycles. The summed E-state index contributed by atoms with van der Waals surface area (Å²) >= 11 is 0. The van der Waals surface area contributed by atoms with E-state index in [4.69, 9.17) is 9.47 Å². The largest absolute Gasteiger partial charge is 0.508 e. The van der Waals surface area contributed by atoms with Gasteiger partial charge < -0.3 is 24.8 Å². The van der Waals surface area contributed by atoms with E-state index in [1.54, 1.807) is 6.92 Å². The summed E-state index contributed by atoms with van der Waals surface area (Å²) in [5.41, 5.74) is 1.74. The molecule has 0 saturated heterocycles. The normalized spacial score (nSPS) is 11.7. The number of aliphatic hydroxyl groups excluding tert-OH is 1. The maximum absolute atomic E-state index is 12.4. The standard InChI is InChI=1S/C21H24O7/c1-3-4-14-10-16(24)6-8-19(14)21(26)28-17(11-22)12-27-20(25)18-7-5-15(23)9-13(18)2/h5-10,17,22-24H,3-4,11-12H2,1-2H3. The van der Waals surface area contributed by atoms with Gasteiger partial charge in [-0.15, -0.1) is 0 Å². The van der Waals surface area contributed by atoms with Crippen LogP contribution in [0.1, 0.15) is 45.2 Å². The molecule has 2 aromatic carbocycles. The van der Waals surface area contributed by atoms with Crippen LogP contribution in [0.4, 0.5) is 0 Å². The van der Waals surface area contributed by atoms with Crippen molar-refractivity contribution in [3.63, 3.8) is 0 Å². The summed E-state index contributed by atoms with van der Waals surface area (Å²) in [4.78, 5) is 24.6. The SMILES string of the molecule is CCCc1cc(O)ccc1C(=O)OC(CO)COC(=O)c1ccc(O)cc1C. The highest BCUT2D eigenvalue weighted by Crippen LogP contribution is 2.20. The Balaban J connectivity index is 2.02. The summed E-state index contributed by atoms with van der Waals surface area (Å²) in [6.07, 6.45) is 0.325. The van der Waals surface area contributed by atoms with Crippen molar-refractivity contribution in [3.05, 3.63) is 58.7 Å². The predicted molar refractivity (Wildman–Crippen MR) is 102 cm³/mol. The summed E-state index contributed by atoms with van der Waals surface area (Å²) < 4.78 is 10.4. The number of carbonyl (C=O) groups excluding carboxylic acids is 2. The molecule has 0 aliphatic carbocycles. The fourth-order valence-electron chi connectivity index (χ4n) is 2.72. The van der Waals surface area contributed by atoms with E-state index in [9.17, 15) is 24.9 Å². The number of phenols is 2. The summed E-state index contributed by atoms with van der Waals surface area (Å²) in [7, 11) is 0. The van der Waals surface area contributed by atoms with Gasteiger partial charge >= 0.3 is 11.9 Å². The molecule has 7 nitrogen and oxygen atoms in total. The van der Waals surface area contributed by atoms with E-state index in [-0.39, 0.29) is 23.7 Å². The molecular weight excluding hydrogens is 364 g/mol. The third-order valence-corrected chi connectivity index (χ3v) is 4.14. The fourth-order valence-corrected chi connectivity index (χ4v) is 2.72. The lowest BCUT2D eigenvalue weighted by atomic mass is 10.0. The minimum absolute atomic E-state index is 0.0352. The smallest absolute Gasteiger partial charge is 0.338 e. The highest BCUT2D eigenvalue weighted by atomic mass is 16.6. The number of aryl methyl sites for hydroxylation is 2. The van der Waals surface area contributed by atoms with Crippen molar-refractivity contribution in [2.45, 2.75) is 32.8 Å². The van der Waals surface area contributed by atoms with Gasteiger partial charge in [0.05, 0.1) is 17.7 Å². The quantitative estimate of drug-likeness (QED) is 0.596. The maximum atomic E-state index is 12.4. The third-order valence-electron chi connectivity index (χ3n) is 4.14. The molecule has 150 valence electrons. The molecule has 1 atom stereocenters. The van der Waals surface area contributed by atoms with E-state index in [2.05, 4.69) is 0 Å². The van der Waals surface area contributed by atoms with Gasteiger partial charge in [0.15, 0.2) is 6.10 Å². The van der Waals surface area contributed by atoms with Crippen LogP contribution in [0, 0.1) is 6.92 Å². The molecular formula is C21H24O7. The van der Waals surface area contributed by atoms with Crippen LogP contribution in [0.3, 0.4) is 0 Å². The van der Waals surface area contributed by atoms with E-state index in [0.29, 0.717) is 23.1 Å². The number of benzene rings is 2. The molecule has 7 heteroatoms. The predicted octanol–water partition coefficient (Wildman–Crippen LogP) is 2.73. The van der Waals surface area contributed by atoms with Crippen LogP contribution < -0.4 is 0 Å². The van der Waals surface area contributed by atoms with Crippen LogP contribution in [-0.2, 0) is 15.9 Å². The van der Waals surface area contributed by atoms with Gasteiger partial charge in [-0.05, 0) is 60.9 Å². The number of rotatable bonds is 8. The molecule has 3 N–H and O–H groups in total. The molecule has 1 unspecified atom stereocenters. The molecule has 0 aliphatic heterocycles. The number of esters is 2. The first kappa shape index (κ1) is 21.2. The van der Waals surface area contributed by atoms with Gasteiger partial charge in [-0.25, -0.2) is 9.59 Å². The Bertz CT molecular complexity index is 845. The number of hydrogen-bond acceptors (Lipinski definition) is 7. The minimum atomic E-state index is -1.03. The molecule has 0 fully saturated rings. The molecule has 28 heavy (non-hydrogen) atoms. The molecule has 0 heterocycles. The first-order valence-corrected chi connectivity index (χ1v) is 8.96. The van der Waals surface area contributed by atoms with Crippen LogP contribution in [0.15, 0.2) is 36.4 Å². The molecule has 2 aromatic rings. The summed E-state index contributed by atoms with van der Waals surface area (Å²) in [6.45, 7) is 2.76. The first-order chi connectivity index (χ1) is 13.3. The summed E-state index contributed by atoms with van der Waals surface area (Å²) in [6, 6.07) is 8.58. The number of ether oxygens (including phenoxy) is 2. The molecule has 0 amide bonds. The van der Waals surface area contributed by atoms with Gasteiger partial charge in [-0.1, -0.05) is 13.3 Å². The Labute approximate surface area is 163 Å². The van der Waals surface area contributed by atoms with Crippen molar-refractivity contribution >= 4 is 11.9 Å². The van der Waals surface area contributed by atoms with Crippen molar-refractivity contribution < 1.29 is 34.4 Å². The maximum Gasteiger partial charge on any atom is 0.338 e. The summed E-state index contributed by atoms with van der Waals surface area (Å²) in [5, 5.41) is 28.5. The highest BCUT2D eigenvalue weighted by molar-refractivity contribution is 5.92. The second-order valence-electron chi connectivity index (χ2n) is 6.40. The van der Waals surface area contributed by atoms with Crippen LogP contribution in [0.5, 0.6) is 11.5 Å². The van der Waals surface area contributed by atoms with Crippen molar-refractivity contribution in [2.24, 2.45) is 0 Å². The van der Waals surface area contributed by atoms with Gasteiger partial charge in [0.1, 0.15) is 18.1 Å². The van der Waals surface area contributed by atoms with E-state index < -0.39 is 24.6 Å². The minimum Gasteiger partial charge on any atom is -0.508 e. The Morgan fingerprint density at radius 1 is 1.00 bits per heavy atom. The monoisotopic (exact) mass is 388 g/mol. The van der Waals surface area contributed by atoms with E-state index >= 15 is 0 Å². The molecule has 0 saturated carbocycles. The lowest BCUT2D eigenvalue weighted by Crippen LogP contribution is -2.29. The van der Waals surface area contributed by atoms with E-state index in [1.165, 1.54) is 36.4 Å². The fraction of sp³-hybridized carbons (Fsp3) is 0.333.